The lowest BCUT2D eigenvalue weighted by Crippen LogP contribution is -2.42. The Morgan fingerprint density at radius 1 is 1.04 bits per heavy atom. The van der Waals surface area contributed by atoms with Crippen LogP contribution in [-0.4, -0.2) is 27.1 Å². The zero-order valence-electron chi connectivity index (χ0n) is 12.3. The highest BCUT2D eigenvalue weighted by Crippen LogP contribution is 2.26. The van der Waals surface area contributed by atoms with Crippen molar-refractivity contribution in [2.45, 2.75) is 6.42 Å². The maximum Gasteiger partial charge on any atom is 0.273 e. The van der Waals surface area contributed by atoms with Gasteiger partial charge < -0.3 is 15.3 Å². The van der Waals surface area contributed by atoms with Crippen molar-refractivity contribution in [3.05, 3.63) is 53.1 Å². The summed E-state index contributed by atoms with van der Waals surface area (Å²) in [5.41, 5.74) is 4.32. The van der Waals surface area contributed by atoms with E-state index >= 15 is 0 Å². The fourth-order valence-electron chi connectivity index (χ4n) is 1.94. The Kier molecular flexibility index (Phi) is 4.87. The van der Waals surface area contributed by atoms with E-state index in [9.17, 15) is 24.9 Å². The quantitative estimate of drug-likeness (QED) is 0.525. The largest absolute Gasteiger partial charge is 0.508 e. The number of phenols is 3. The molecule has 8 nitrogen and oxygen atoms in total. The van der Waals surface area contributed by atoms with Crippen LogP contribution < -0.4 is 10.9 Å². The highest BCUT2D eigenvalue weighted by Gasteiger charge is 2.16. The van der Waals surface area contributed by atoms with Crippen molar-refractivity contribution in [1.82, 2.24) is 10.9 Å². The monoisotopic (exact) mass is 327 g/mol. The molecule has 0 aliphatic heterocycles. The minimum atomic E-state index is -0.853. The van der Waals surface area contributed by atoms with Crippen LogP contribution in [0.25, 0.3) is 0 Å². The third kappa shape index (κ3) is 3.92. The fourth-order valence-corrected chi connectivity index (χ4v) is 1.94. The average Bonchev–Trinajstić information content (AvgIpc) is 2.53. The molecule has 0 aliphatic rings. The second kappa shape index (κ2) is 7.02. The zero-order valence-corrected chi connectivity index (χ0v) is 12.3. The highest BCUT2D eigenvalue weighted by atomic mass is 16.3. The van der Waals surface area contributed by atoms with Gasteiger partial charge in [0.05, 0.1) is 17.5 Å². The van der Waals surface area contributed by atoms with Crippen molar-refractivity contribution >= 4 is 11.8 Å². The Balaban J connectivity index is 2.00. The number of aromatic hydroxyl groups is 3. The Morgan fingerprint density at radius 3 is 2.46 bits per heavy atom. The Labute approximate surface area is 136 Å². The molecule has 0 spiro atoms. The number of nitrogens with zero attached hydrogens (tertiary/aromatic N) is 1. The van der Waals surface area contributed by atoms with Crippen molar-refractivity contribution in [2.75, 3.05) is 0 Å². The van der Waals surface area contributed by atoms with E-state index in [1.54, 1.807) is 18.2 Å². The lowest BCUT2D eigenvalue weighted by atomic mass is 10.1. The van der Waals surface area contributed by atoms with Crippen molar-refractivity contribution in [2.24, 2.45) is 0 Å². The summed E-state index contributed by atoms with van der Waals surface area (Å²) >= 11 is 0. The number of carbonyl (C=O) groups excluding carboxylic acids is 2. The standard InChI is InChI=1S/C16H13N3O5/c17-8-10-6-12(14(22)7-13(10)21)16(24)19-18-15(23)5-9-2-1-3-11(20)4-9/h1-4,6-7,20-22H,5H2,(H,18,23)(H,19,24). The van der Waals surface area contributed by atoms with E-state index in [4.69, 9.17) is 5.26 Å². The number of nitrogens with one attached hydrogen (secondary N) is 2. The van der Waals surface area contributed by atoms with Gasteiger partial charge in [0.25, 0.3) is 5.91 Å². The number of amides is 2. The molecule has 8 heteroatoms. The molecular weight excluding hydrogens is 314 g/mol. The van der Waals surface area contributed by atoms with Gasteiger partial charge in [0, 0.05) is 6.07 Å². The molecule has 122 valence electrons. The molecule has 0 heterocycles. The van der Waals surface area contributed by atoms with Crippen molar-refractivity contribution in [3.63, 3.8) is 0 Å². The van der Waals surface area contributed by atoms with E-state index in [1.807, 2.05) is 0 Å². The van der Waals surface area contributed by atoms with E-state index in [-0.39, 0.29) is 23.3 Å². The van der Waals surface area contributed by atoms with Crippen LogP contribution in [0.4, 0.5) is 0 Å². The molecule has 2 rings (SSSR count). The lowest BCUT2D eigenvalue weighted by Gasteiger charge is -2.09. The number of hydrazine groups is 1. The molecule has 5 N–H and O–H groups in total. The molecule has 0 fully saturated rings. The van der Waals surface area contributed by atoms with Crippen LogP contribution in [-0.2, 0) is 11.2 Å². The number of benzene rings is 2. The van der Waals surface area contributed by atoms with Gasteiger partial charge in [0.15, 0.2) is 0 Å². The highest BCUT2D eigenvalue weighted by molar-refractivity contribution is 5.98. The predicted octanol–water partition coefficient (Wildman–Crippen LogP) is 0.679. The molecule has 2 aromatic carbocycles. The summed E-state index contributed by atoms with van der Waals surface area (Å²) in [6.07, 6.45) is -0.0836. The van der Waals surface area contributed by atoms with Gasteiger partial charge in [-0.3, -0.25) is 20.4 Å². The number of rotatable bonds is 3. The lowest BCUT2D eigenvalue weighted by molar-refractivity contribution is -0.121. The first-order valence-corrected chi connectivity index (χ1v) is 6.74. The maximum atomic E-state index is 11.9. The van der Waals surface area contributed by atoms with Crippen LogP contribution in [0.5, 0.6) is 17.2 Å². The predicted molar refractivity (Wildman–Crippen MR) is 81.9 cm³/mol. The summed E-state index contributed by atoms with van der Waals surface area (Å²) in [4.78, 5) is 23.7. The molecule has 0 saturated heterocycles. The van der Waals surface area contributed by atoms with Crippen LogP contribution in [0.1, 0.15) is 21.5 Å². The summed E-state index contributed by atoms with van der Waals surface area (Å²) < 4.78 is 0. The van der Waals surface area contributed by atoms with Gasteiger partial charge in [-0.15, -0.1) is 0 Å². The molecule has 24 heavy (non-hydrogen) atoms. The first-order valence-electron chi connectivity index (χ1n) is 6.74. The molecular formula is C16H13N3O5. The minimum Gasteiger partial charge on any atom is -0.508 e. The summed E-state index contributed by atoms with van der Waals surface area (Å²) in [6.45, 7) is 0. The molecule has 0 bridgehead atoms. The molecule has 0 atom stereocenters. The van der Waals surface area contributed by atoms with E-state index in [1.165, 1.54) is 12.1 Å². The second-order valence-electron chi connectivity index (χ2n) is 4.85. The number of hydrogen-bond acceptors (Lipinski definition) is 6. The second-order valence-corrected chi connectivity index (χ2v) is 4.85. The number of hydrogen-bond donors (Lipinski definition) is 5. The van der Waals surface area contributed by atoms with Gasteiger partial charge in [0.2, 0.25) is 5.91 Å². The SMILES string of the molecule is N#Cc1cc(C(=O)NNC(=O)Cc2cccc(O)c2)c(O)cc1O. The van der Waals surface area contributed by atoms with Crippen LogP contribution in [0.2, 0.25) is 0 Å². The number of carbonyl (C=O) groups is 2. The summed E-state index contributed by atoms with van der Waals surface area (Å²) in [6, 6.07) is 9.61. The Morgan fingerprint density at radius 2 is 1.79 bits per heavy atom. The van der Waals surface area contributed by atoms with Crippen LogP contribution in [0.3, 0.4) is 0 Å². The average molecular weight is 327 g/mol. The fraction of sp³-hybridized carbons (Fsp3) is 0.0625. The van der Waals surface area contributed by atoms with Crippen molar-refractivity contribution in [3.8, 4) is 23.3 Å². The normalized spacial score (nSPS) is 9.79. The smallest absolute Gasteiger partial charge is 0.273 e. The van der Waals surface area contributed by atoms with Crippen molar-refractivity contribution < 1.29 is 24.9 Å². The van der Waals surface area contributed by atoms with Gasteiger partial charge in [-0.05, 0) is 23.8 Å². The van der Waals surface area contributed by atoms with E-state index in [0.29, 0.717) is 5.56 Å². The van der Waals surface area contributed by atoms with Crippen LogP contribution >= 0.6 is 0 Å². The molecule has 0 unspecified atom stereocenters. The van der Waals surface area contributed by atoms with E-state index < -0.39 is 23.3 Å². The van der Waals surface area contributed by atoms with Crippen molar-refractivity contribution in [1.29, 1.82) is 5.26 Å². The third-order valence-electron chi connectivity index (χ3n) is 3.07. The first kappa shape index (κ1) is 16.6. The minimum absolute atomic E-state index is 0.0161. The Bertz CT molecular complexity index is 842. The van der Waals surface area contributed by atoms with Gasteiger partial charge in [-0.1, -0.05) is 12.1 Å². The Hall–Kier alpha value is -3.73. The summed E-state index contributed by atoms with van der Waals surface area (Å²) in [5, 5.41) is 37.2. The molecule has 0 aromatic heterocycles. The molecule has 0 saturated carbocycles. The molecule has 2 amide bonds. The van der Waals surface area contributed by atoms with E-state index in [2.05, 4.69) is 10.9 Å². The molecule has 2 aromatic rings. The van der Waals surface area contributed by atoms with E-state index in [0.717, 1.165) is 12.1 Å². The third-order valence-corrected chi connectivity index (χ3v) is 3.07. The number of nitriles is 1. The summed E-state index contributed by atoms with van der Waals surface area (Å²) in [5.74, 6) is -2.38. The van der Waals surface area contributed by atoms with Gasteiger partial charge in [-0.25, -0.2) is 0 Å². The van der Waals surface area contributed by atoms with Gasteiger partial charge >= 0.3 is 0 Å². The molecule has 0 radical (unpaired) electrons. The maximum absolute atomic E-state index is 11.9. The van der Waals surface area contributed by atoms with Crippen LogP contribution in [0.15, 0.2) is 36.4 Å². The summed E-state index contributed by atoms with van der Waals surface area (Å²) in [7, 11) is 0. The van der Waals surface area contributed by atoms with Gasteiger partial charge in [0.1, 0.15) is 23.3 Å². The number of phenolic OH excluding ortho intramolecular Hbond substituents is 3. The molecule has 0 aliphatic carbocycles. The van der Waals surface area contributed by atoms with Crippen LogP contribution in [0, 0.1) is 11.3 Å². The van der Waals surface area contributed by atoms with Gasteiger partial charge in [-0.2, -0.15) is 5.26 Å². The topological polar surface area (TPSA) is 143 Å². The zero-order chi connectivity index (χ0) is 17.7. The first-order chi connectivity index (χ1) is 11.4.